The van der Waals surface area contributed by atoms with E-state index in [1.165, 1.54) is 6.42 Å². The van der Waals surface area contributed by atoms with Gasteiger partial charge in [-0.1, -0.05) is 6.92 Å². The van der Waals surface area contributed by atoms with Gasteiger partial charge in [-0.2, -0.15) is 0 Å². The summed E-state index contributed by atoms with van der Waals surface area (Å²) in [5, 5.41) is 0.749. The van der Waals surface area contributed by atoms with Gasteiger partial charge in [-0.05, 0) is 27.2 Å². The molecule has 0 aromatic rings. The molecule has 1 heterocycles. The lowest BCUT2D eigenvalue weighted by molar-refractivity contribution is -0.0168. The quantitative estimate of drug-likeness (QED) is 0.539. The zero-order valence-corrected chi connectivity index (χ0v) is 7.99. The summed E-state index contributed by atoms with van der Waals surface area (Å²) in [5.74, 6) is 0. The van der Waals surface area contributed by atoms with Crippen LogP contribution in [0.2, 0.25) is 0 Å². The fourth-order valence-electron chi connectivity index (χ4n) is 1.56. The molecule has 0 bridgehead atoms. The molecule has 2 heteroatoms. The molecule has 0 spiro atoms. The Kier molecular flexibility index (Phi) is 2.31. The molecule has 60 valence electrons. The predicted octanol–water partition coefficient (Wildman–Crippen LogP) is 2.65. The average molecular weight is 160 g/mol. The molecule has 1 rings (SSSR count). The molecule has 0 aromatic carbocycles. The van der Waals surface area contributed by atoms with E-state index in [1.807, 2.05) is 11.8 Å². The first-order valence-electron chi connectivity index (χ1n) is 3.85. The Bertz CT molecular complexity index is 110. The van der Waals surface area contributed by atoms with Crippen LogP contribution in [-0.4, -0.2) is 16.3 Å². The summed E-state index contributed by atoms with van der Waals surface area (Å²) in [6.07, 6.45) is 1.62. The Balaban J connectivity index is 2.51. The van der Waals surface area contributed by atoms with Gasteiger partial charge in [-0.15, -0.1) is 11.8 Å². The third-order valence-corrected chi connectivity index (χ3v) is 2.89. The van der Waals surface area contributed by atoms with Crippen LogP contribution in [0.1, 0.15) is 34.1 Å². The minimum absolute atomic E-state index is 0.0388. The highest BCUT2D eigenvalue weighted by Crippen LogP contribution is 2.38. The lowest BCUT2D eigenvalue weighted by Crippen LogP contribution is -2.34. The highest BCUT2D eigenvalue weighted by molar-refractivity contribution is 8.01. The third-order valence-electron chi connectivity index (χ3n) is 1.63. The Labute approximate surface area is 67.5 Å². The Morgan fingerprint density at radius 3 is 2.40 bits per heavy atom. The van der Waals surface area contributed by atoms with Gasteiger partial charge in [0.15, 0.2) is 0 Å². The van der Waals surface area contributed by atoms with Crippen LogP contribution < -0.4 is 0 Å². The molecule has 1 aliphatic heterocycles. The van der Waals surface area contributed by atoms with Gasteiger partial charge in [-0.25, -0.2) is 0 Å². The van der Waals surface area contributed by atoms with Crippen LogP contribution in [0.25, 0.3) is 0 Å². The maximum Gasteiger partial charge on any atom is 0.108 e. The van der Waals surface area contributed by atoms with Crippen LogP contribution in [-0.2, 0) is 4.74 Å². The van der Waals surface area contributed by atoms with E-state index < -0.39 is 0 Å². The average Bonchev–Trinajstić information content (AvgIpc) is 1.54. The fraction of sp³-hybridized carbons (Fsp3) is 1.00. The van der Waals surface area contributed by atoms with E-state index in [-0.39, 0.29) is 4.93 Å². The normalized spacial score (nSPS) is 39.6. The van der Waals surface area contributed by atoms with Crippen molar-refractivity contribution in [3.05, 3.63) is 0 Å². The smallest absolute Gasteiger partial charge is 0.108 e. The SMILES string of the molecule is CC1CC(C)SC(C)(C)O1. The van der Waals surface area contributed by atoms with Crippen LogP contribution in [0, 0.1) is 0 Å². The van der Waals surface area contributed by atoms with Crippen molar-refractivity contribution in [2.24, 2.45) is 0 Å². The van der Waals surface area contributed by atoms with Crippen molar-refractivity contribution < 1.29 is 4.74 Å². The Morgan fingerprint density at radius 1 is 1.40 bits per heavy atom. The Morgan fingerprint density at radius 2 is 2.00 bits per heavy atom. The van der Waals surface area contributed by atoms with Gasteiger partial charge in [0.2, 0.25) is 0 Å². The molecule has 0 N–H and O–H groups in total. The summed E-state index contributed by atoms with van der Waals surface area (Å²) >= 11 is 1.93. The molecule has 0 saturated carbocycles. The summed E-state index contributed by atoms with van der Waals surface area (Å²) in [6.45, 7) is 8.71. The van der Waals surface area contributed by atoms with Crippen molar-refractivity contribution in [3.8, 4) is 0 Å². The number of hydrogen-bond donors (Lipinski definition) is 0. The van der Waals surface area contributed by atoms with Gasteiger partial charge in [-0.3, -0.25) is 0 Å². The molecule has 1 fully saturated rings. The summed E-state index contributed by atoms with van der Waals surface area (Å²) in [6, 6.07) is 0. The predicted molar refractivity (Wildman–Crippen MR) is 46.3 cm³/mol. The molecular weight excluding hydrogens is 144 g/mol. The standard InChI is InChI=1S/C8H16OS/c1-6-5-7(2)10-8(3,4)9-6/h6-7H,5H2,1-4H3. The van der Waals surface area contributed by atoms with Crippen LogP contribution in [0.4, 0.5) is 0 Å². The molecular formula is C8H16OS. The second-order valence-corrected chi connectivity index (χ2v) is 5.52. The molecule has 1 nitrogen and oxygen atoms in total. The maximum atomic E-state index is 5.71. The molecule has 2 atom stereocenters. The highest BCUT2D eigenvalue weighted by Gasteiger charge is 2.30. The van der Waals surface area contributed by atoms with E-state index in [0.29, 0.717) is 6.10 Å². The van der Waals surface area contributed by atoms with Crippen molar-refractivity contribution in [2.45, 2.75) is 50.4 Å². The summed E-state index contributed by atoms with van der Waals surface area (Å²) in [4.78, 5) is 0.0388. The first kappa shape index (κ1) is 8.41. The molecule has 1 aliphatic rings. The van der Waals surface area contributed by atoms with Crippen molar-refractivity contribution in [3.63, 3.8) is 0 Å². The number of rotatable bonds is 0. The maximum absolute atomic E-state index is 5.71. The molecule has 2 unspecified atom stereocenters. The molecule has 0 radical (unpaired) electrons. The first-order valence-corrected chi connectivity index (χ1v) is 4.73. The van der Waals surface area contributed by atoms with Gasteiger partial charge in [0.05, 0.1) is 6.10 Å². The second kappa shape index (κ2) is 2.74. The molecule has 0 aliphatic carbocycles. The largest absolute Gasteiger partial charge is 0.362 e. The monoisotopic (exact) mass is 160 g/mol. The number of hydrogen-bond acceptors (Lipinski definition) is 2. The first-order chi connectivity index (χ1) is 4.49. The van der Waals surface area contributed by atoms with E-state index in [0.717, 1.165) is 5.25 Å². The van der Waals surface area contributed by atoms with Crippen molar-refractivity contribution in [1.29, 1.82) is 0 Å². The van der Waals surface area contributed by atoms with Gasteiger partial charge >= 0.3 is 0 Å². The minimum atomic E-state index is 0.0388. The van der Waals surface area contributed by atoms with E-state index in [2.05, 4.69) is 27.7 Å². The zero-order chi connectivity index (χ0) is 7.78. The van der Waals surface area contributed by atoms with E-state index in [1.54, 1.807) is 0 Å². The lowest BCUT2D eigenvalue weighted by Gasteiger charge is -2.37. The summed E-state index contributed by atoms with van der Waals surface area (Å²) in [5.41, 5.74) is 0. The van der Waals surface area contributed by atoms with Crippen LogP contribution in [0.3, 0.4) is 0 Å². The van der Waals surface area contributed by atoms with Crippen molar-refractivity contribution >= 4 is 11.8 Å². The van der Waals surface area contributed by atoms with E-state index >= 15 is 0 Å². The molecule has 0 aromatic heterocycles. The molecule has 0 amide bonds. The third kappa shape index (κ3) is 2.17. The van der Waals surface area contributed by atoms with Gasteiger partial charge in [0, 0.05) is 5.25 Å². The van der Waals surface area contributed by atoms with Crippen LogP contribution >= 0.6 is 11.8 Å². The van der Waals surface area contributed by atoms with Crippen LogP contribution in [0.5, 0.6) is 0 Å². The Hall–Kier alpha value is 0.310. The van der Waals surface area contributed by atoms with E-state index in [4.69, 9.17) is 4.74 Å². The molecule has 10 heavy (non-hydrogen) atoms. The fourth-order valence-corrected chi connectivity index (χ4v) is 3.12. The number of thioether (sulfide) groups is 1. The number of ether oxygens (including phenoxy) is 1. The van der Waals surface area contributed by atoms with Crippen molar-refractivity contribution in [2.75, 3.05) is 0 Å². The summed E-state index contributed by atoms with van der Waals surface area (Å²) < 4.78 is 5.71. The van der Waals surface area contributed by atoms with Gasteiger partial charge in [0.25, 0.3) is 0 Å². The van der Waals surface area contributed by atoms with Crippen molar-refractivity contribution in [1.82, 2.24) is 0 Å². The summed E-state index contributed by atoms with van der Waals surface area (Å²) in [7, 11) is 0. The minimum Gasteiger partial charge on any atom is -0.362 e. The van der Waals surface area contributed by atoms with Crippen LogP contribution in [0.15, 0.2) is 0 Å². The topological polar surface area (TPSA) is 9.23 Å². The van der Waals surface area contributed by atoms with Gasteiger partial charge < -0.3 is 4.74 Å². The zero-order valence-electron chi connectivity index (χ0n) is 7.18. The highest BCUT2D eigenvalue weighted by atomic mass is 32.2. The van der Waals surface area contributed by atoms with E-state index in [9.17, 15) is 0 Å². The van der Waals surface area contributed by atoms with Gasteiger partial charge in [0.1, 0.15) is 4.93 Å². The molecule has 1 saturated heterocycles. The second-order valence-electron chi connectivity index (χ2n) is 3.49. The lowest BCUT2D eigenvalue weighted by atomic mass is 10.2.